The topological polar surface area (TPSA) is 104 Å². The van der Waals surface area contributed by atoms with Gasteiger partial charge in [0.1, 0.15) is 23.0 Å². The number of carbonyl (C=O) groups is 1. The summed E-state index contributed by atoms with van der Waals surface area (Å²) in [5.41, 5.74) is 12.7. The minimum absolute atomic E-state index is 0.119. The molecular weight excluding hydrogens is 256 g/mol. The Bertz CT molecular complexity index is 615. The van der Waals surface area contributed by atoms with Gasteiger partial charge in [0.25, 0.3) is 5.91 Å². The highest BCUT2D eigenvalue weighted by molar-refractivity contribution is 5.98. The first kappa shape index (κ1) is 13.8. The first-order valence-electron chi connectivity index (χ1n) is 6.07. The summed E-state index contributed by atoms with van der Waals surface area (Å²) in [6.07, 6.45) is 0.522. The number of aryl methyl sites for hydroxylation is 1. The molecule has 2 rings (SSSR count). The molecule has 0 fully saturated rings. The van der Waals surface area contributed by atoms with Crippen molar-refractivity contribution in [2.24, 2.45) is 5.73 Å². The standard InChI is InChI=1S/C14H16N4O2/c1-8-12(14(16)19)13(15)18-11(17-8)7-9-3-5-10(20-2)6-4-9/h3-6H,7H2,1-2H3,(H2,16,19)(H2,15,17,18). The highest BCUT2D eigenvalue weighted by Gasteiger charge is 2.14. The fourth-order valence-electron chi connectivity index (χ4n) is 1.96. The van der Waals surface area contributed by atoms with Crippen LogP contribution in [0.5, 0.6) is 5.75 Å². The quantitative estimate of drug-likeness (QED) is 0.866. The summed E-state index contributed by atoms with van der Waals surface area (Å²) in [4.78, 5) is 19.6. The van der Waals surface area contributed by atoms with Crippen molar-refractivity contribution in [2.75, 3.05) is 12.8 Å². The second kappa shape index (κ2) is 5.56. The number of nitrogen functional groups attached to an aromatic ring is 1. The average Bonchev–Trinajstić information content (AvgIpc) is 2.38. The average molecular weight is 272 g/mol. The Kier molecular flexibility index (Phi) is 3.84. The van der Waals surface area contributed by atoms with E-state index in [0.717, 1.165) is 11.3 Å². The number of nitrogens with zero attached hydrogens (tertiary/aromatic N) is 2. The zero-order valence-corrected chi connectivity index (χ0v) is 11.4. The van der Waals surface area contributed by atoms with Gasteiger partial charge >= 0.3 is 0 Å². The second-order valence-electron chi connectivity index (χ2n) is 4.37. The number of nitrogens with two attached hydrogens (primary N) is 2. The fourth-order valence-corrected chi connectivity index (χ4v) is 1.96. The molecule has 1 aromatic carbocycles. The van der Waals surface area contributed by atoms with Gasteiger partial charge in [0.15, 0.2) is 0 Å². The molecule has 0 aliphatic carbocycles. The van der Waals surface area contributed by atoms with Crippen molar-refractivity contribution in [1.29, 1.82) is 0 Å². The minimum atomic E-state index is -0.615. The lowest BCUT2D eigenvalue weighted by atomic mass is 10.1. The number of methoxy groups -OCH3 is 1. The van der Waals surface area contributed by atoms with Crippen molar-refractivity contribution >= 4 is 11.7 Å². The Morgan fingerprint density at radius 3 is 2.40 bits per heavy atom. The Balaban J connectivity index is 2.27. The smallest absolute Gasteiger partial charge is 0.254 e. The molecule has 0 radical (unpaired) electrons. The van der Waals surface area contributed by atoms with Gasteiger partial charge in [0.05, 0.1) is 12.8 Å². The first-order valence-corrected chi connectivity index (χ1v) is 6.07. The summed E-state index contributed by atoms with van der Waals surface area (Å²) >= 11 is 0. The van der Waals surface area contributed by atoms with Gasteiger partial charge in [0, 0.05) is 6.42 Å². The van der Waals surface area contributed by atoms with Gasteiger partial charge in [-0.15, -0.1) is 0 Å². The Hall–Kier alpha value is -2.63. The third-order valence-electron chi connectivity index (χ3n) is 2.93. The Morgan fingerprint density at radius 1 is 1.25 bits per heavy atom. The molecule has 1 heterocycles. The summed E-state index contributed by atoms with van der Waals surface area (Å²) < 4.78 is 5.10. The summed E-state index contributed by atoms with van der Waals surface area (Å²) in [7, 11) is 1.62. The van der Waals surface area contributed by atoms with E-state index < -0.39 is 5.91 Å². The van der Waals surface area contributed by atoms with E-state index in [1.807, 2.05) is 24.3 Å². The summed E-state index contributed by atoms with van der Waals surface area (Å²) in [6.45, 7) is 1.69. The van der Waals surface area contributed by atoms with Gasteiger partial charge in [-0.1, -0.05) is 12.1 Å². The van der Waals surface area contributed by atoms with Gasteiger partial charge < -0.3 is 16.2 Å². The summed E-state index contributed by atoms with van der Waals surface area (Å²) in [5, 5.41) is 0. The molecule has 0 atom stereocenters. The molecule has 1 aromatic heterocycles. The lowest BCUT2D eigenvalue weighted by molar-refractivity contribution is 0.1000. The van der Waals surface area contributed by atoms with Crippen LogP contribution >= 0.6 is 0 Å². The molecule has 20 heavy (non-hydrogen) atoms. The molecule has 0 saturated heterocycles. The van der Waals surface area contributed by atoms with E-state index in [1.165, 1.54) is 0 Å². The van der Waals surface area contributed by atoms with Gasteiger partial charge in [-0.3, -0.25) is 4.79 Å². The highest BCUT2D eigenvalue weighted by Crippen LogP contribution is 2.16. The Labute approximate surface area is 116 Å². The van der Waals surface area contributed by atoms with E-state index in [9.17, 15) is 4.79 Å². The second-order valence-corrected chi connectivity index (χ2v) is 4.37. The van der Waals surface area contributed by atoms with E-state index in [0.29, 0.717) is 17.9 Å². The van der Waals surface area contributed by atoms with Crippen LogP contribution < -0.4 is 16.2 Å². The van der Waals surface area contributed by atoms with Crippen LogP contribution in [0.4, 0.5) is 5.82 Å². The van der Waals surface area contributed by atoms with Crippen molar-refractivity contribution in [3.8, 4) is 5.75 Å². The molecule has 0 spiro atoms. The lowest BCUT2D eigenvalue weighted by Gasteiger charge is -2.08. The minimum Gasteiger partial charge on any atom is -0.497 e. The zero-order valence-electron chi connectivity index (χ0n) is 11.4. The molecule has 2 aromatic rings. The lowest BCUT2D eigenvalue weighted by Crippen LogP contribution is -2.18. The van der Waals surface area contributed by atoms with Crippen LogP contribution in [0.25, 0.3) is 0 Å². The molecule has 6 nitrogen and oxygen atoms in total. The monoisotopic (exact) mass is 272 g/mol. The largest absolute Gasteiger partial charge is 0.497 e. The molecule has 4 N–H and O–H groups in total. The maximum absolute atomic E-state index is 11.2. The molecule has 1 amide bonds. The van der Waals surface area contributed by atoms with E-state index in [-0.39, 0.29) is 11.4 Å². The number of ether oxygens (including phenoxy) is 1. The zero-order chi connectivity index (χ0) is 14.7. The summed E-state index contributed by atoms with van der Waals surface area (Å²) in [6, 6.07) is 7.58. The maximum atomic E-state index is 11.2. The molecule has 6 heteroatoms. The molecule has 104 valence electrons. The molecule has 0 aliphatic heterocycles. The van der Waals surface area contributed by atoms with Gasteiger partial charge in [-0.05, 0) is 24.6 Å². The predicted molar refractivity (Wildman–Crippen MR) is 75.5 cm³/mol. The molecule has 0 saturated carbocycles. The number of anilines is 1. The number of primary amides is 1. The van der Waals surface area contributed by atoms with E-state index in [1.54, 1.807) is 14.0 Å². The van der Waals surface area contributed by atoms with Gasteiger partial charge in [-0.2, -0.15) is 0 Å². The SMILES string of the molecule is COc1ccc(Cc2nc(C)c(C(N)=O)c(N)n2)cc1. The van der Waals surface area contributed by atoms with Crippen molar-refractivity contribution in [1.82, 2.24) is 9.97 Å². The van der Waals surface area contributed by atoms with Crippen LogP contribution in [0.1, 0.15) is 27.4 Å². The van der Waals surface area contributed by atoms with E-state index >= 15 is 0 Å². The van der Waals surface area contributed by atoms with Crippen molar-refractivity contribution in [3.63, 3.8) is 0 Å². The van der Waals surface area contributed by atoms with Crippen molar-refractivity contribution in [2.45, 2.75) is 13.3 Å². The Morgan fingerprint density at radius 2 is 1.90 bits per heavy atom. The van der Waals surface area contributed by atoms with Crippen molar-refractivity contribution in [3.05, 3.63) is 46.9 Å². The number of benzene rings is 1. The molecular formula is C14H16N4O2. The third-order valence-corrected chi connectivity index (χ3v) is 2.93. The number of rotatable bonds is 4. The molecule has 0 aliphatic rings. The number of hydrogen-bond acceptors (Lipinski definition) is 5. The molecule has 0 bridgehead atoms. The fraction of sp³-hybridized carbons (Fsp3) is 0.214. The first-order chi connectivity index (χ1) is 9.51. The number of amides is 1. The van der Waals surface area contributed by atoms with E-state index in [2.05, 4.69) is 9.97 Å². The number of hydrogen-bond donors (Lipinski definition) is 2. The van der Waals surface area contributed by atoms with Gasteiger partial charge in [0.2, 0.25) is 0 Å². The van der Waals surface area contributed by atoms with Crippen molar-refractivity contribution < 1.29 is 9.53 Å². The highest BCUT2D eigenvalue weighted by atomic mass is 16.5. The van der Waals surface area contributed by atoms with Crippen LogP contribution in [0.3, 0.4) is 0 Å². The maximum Gasteiger partial charge on any atom is 0.254 e. The van der Waals surface area contributed by atoms with Crippen LogP contribution in [0, 0.1) is 6.92 Å². The van der Waals surface area contributed by atoms with Crippen LogP contribution in [0.15, 0.2) is 24.3 Å². The van der Waals surface area contributed by atoms with Gasteiger partial charge in [-0.25, -0.2) is 9.97 Å². The number of aromatic nitrogens is 2. The third kappa shape index (κ3) is 2.85. The van der Waals surface area contributed by atoms with E-state index in [4.69, 9.17) is 16.2 Å². The number of carbonyl (C=O) groups excluding carboxylic acids is 1. The molecule has 0 unspecified atom stereocenters. The van der Waals surface area contributed by atoms with Crippen LogP contribution in [-0.4, -0.2) is 23.0 Å². The van der Waals surface area contributed by atoms with Crippen LogP contribution in [0.2, 0.25) is 0 Å². The normalized spacial score (nSPS) is 10.3. The predicted octanol–water partition coefficient (Wildman–Crippen LogP) is 1.07. The van der Waals surface area contributed by atoms with Crippen LogP contribution in [-0.2, 0) is 6.42 Å². The summed E-state index contributed by atoms with van der Waals surface area (Å²) in [5.74, 6) is 0.842.